The fraction of sp³-hybridized carbons (Fsp3) is 0.533. The second-order valence-corrected chi connectivity index (χ2v) is 5.39. The Morgan fingerprint density at radius 3 is 2.81 bits per heavy atom. The second-order valence-electron chi connectivity index (χ2n) is 4.47. The van der Waals surface area contributed by atoms with Gasteiger partial charge >= 0.3 is 5.97 Å². The molecule has 6 heteroatoms. The highest BCUT2D eigenvalue weighted by atomic mass is 79.9. The maximum absolute atomic E-state index is 11.4. The lowest BCUT2D eigenvalue weighted by molar-refractivity contribution is -0.145. The maximum Gasteiger partial charge on any atom is 0.344 e. The minimum atomic E-state index is -0.363. The lowest BCUT2D eigenvalue weighted by Crippen LogP contribution is -2.20. The van der Waals surface area contributed by atoms with Gasteiger partial charge in [-0.05, 0) is 31.5 Å². The molecule has 0 bridgehead atoms. The number of halogens is 1. The van der Waals surface area contributed by atoms with Gasteiger partial charge < -0.3 is 19.5 Å². The van der Waals surface area contributed by atoms with Gasteiger partial charge in [0.2, 0.25) is 0 Å². The maximum atomic E-state index is 11.4. The van der Waals surface area contributed by atoms with E-state index in [0.29, 0.717) is 19.8 Å². The SMILES string of the molecule is CCOC(=O)COc1c(C)cc(Br)cc1CNCCOC. The molecule has 0 saturated carbocycles. The van der Waals surface area contributed by atoms with E-state index in [1.165, 1.54) is 0 Å². The summed E-state index contributed by atoms with van der Waals surface area (Å²) in [6.45, 7) is 6.03. The molecule has 5 nitrogen and oxygen atoms in total. The van der Waals surface area contributed by atoms with Gasteiger partial charge in [0.15, 0.2) is 6.61 Å². The minimum Gasteiger partial charge on any atom is -0.481 e. The van der Waals surface area contributed by atoms with Crippen molar-refractivity contribution >= 4 is 21.9 Å². The van der Waals surface area contributed by atoms with Crippen LogP contribution in [0.4, 0.5) is 0 Å². The first-order valence-corrected chi connectivity index (χ1v) is 7.64. The van der Waals surface area contributed by atoms with Crippen molar-refractivity contribution in [1.82, 2.24) is 5.32 Å². The van der Waals surface area contributed by atoms with Gasteiger partial charge in [-0.15, -0.1) is 0 Å². The second kappa shape index (κ2) is 9.76. The number of carbonyl (C=O) groups is 1. The molecule has 0 radical (unpaired) electrons. The molecule has 0 heterocycles. The van der Waals surface area contributed by atoms with E-state index in [2.05, 4.69) is 21.2 Å². The van der Waals surface area contributed by atoms with Crippen molar-refractivity contribution in [3.63, 3.8) is 0 Å². The van der Waals surface area contributed by atoms with Crippen molar-refractivity contribution in [2.75, 3.05) is 33.5 Å². The number of methoxy groups -OCH3 is 1. The third kappa shape index (κ3) is 6.46. The van der Waals surface area contributed by atoms with Crippen molar-refractivity contribution in [3.8, 4) is 5.75 Å². The van der Waals surface area contributed by atoms with Crippen molar-refractivity contribution in [3.05, 3.63) is 27.7 Å². The first-order chi connectivity index (χ1) is 10.1. The number of rotatable bonds is 9. The van der Waals surface area contributed by atoms with Crippen LogP contribution in [0.3, 0.4) is 0 Å². The Kier molecular flexibility index (Phi) is 8.34. The summed E-state index contributed by atoms with van der Waals surface area (Å²) in [5.41, 5.74) is 1.96. The number of nitrogens with one attached hydrogen (secondary N) is 1. The Bertz CT molecular complexity index is 465. The summed E-state index contributed by atoms with van der Waals surface area (Å²) in [5.74, 6) is 0.356. The molecule has 0 amide bonds. The monoisotopic (exact) mass is 359 g/mol. The van der Waals surface area contributed by atoms with Crippen LogP contribution >= 0.6 is 15.9 Å². The first-order valence-electron chi connectivity index (χ1n) is 6.85. The molecular formula is C15H22BrNO4. The number of hydrogen-bond donors (Lipinski definition) is 1. The van der Waals surface area contributed by atoms with Crippen LogP contribution in [0.2, 0.25) is 0 Å². The number of ether oxygens (including phenoxy) is 3. The molecule has 0 atom stereocenters. The highest BCUT2D eigenvalue weighted by molar-refractivity contribution is 9.10. The van der Waals surface area contributed by atoms with E-state index in [-0.39, 0.29) is 12.6 Å². The van der Waals surface area contributed by atoms with Crippen LogP contribution in [0, 0.1) is 6.92 Å². The molecule has 0 spiro atoms. The summed E-state index contributed by atoms with van der Waals surface area (Å²) < 4.78 is 16.5. The standard InChI is InChI=1S/C15H22BrNO4/c1-4-20-14(18)10-21-15-11(2)7-13(16)8-12(15)9-17-5-6-19-3/h7-8,17H,4-6,9-10H2,1-3H3. The van der Waals surface area contributed by atoms with Gasteiger partial charge in [0.25, 0.3) is 0 Å². The number of aryl methyl sites for hydroxylation is 1. The number of esters is 1. The van der Waals surface area contributed by atoms with E-state index >= 15 is 0 Å². The molecule has 0 unspecified atom stereocenters. The van der Waals surface area contributed by atoms with Gasteiger partial charge in [-0.3, -0.25) is 0 Å². The molecular weight excluding hydrogens is 338 g/mol. The predicted molar refractivity (Wildman–Crippen MR) is 84.6 cm³/mol. The van der Waals surface area contributed by atoms with E-state index in [4.69, 9.17) is 14.2 Å². The third-order valence-corrected chi connectivity index (χ3v) is 3.21. The van der Waals surface area contributed by atoms with Gasteiger partial charge in [-0.2, -0.15) is 0 Å². The number of hydrogen-bond acceptors (Lipinski definition) is 5. The minimum absolute atomic E-state index is 0.0820. The number of benzene rings is 1. The Hall–Kier alpha value is -1.11. The molecule has 21 heavy (non-hydrogen) atoms. The van der Waals surface area contributed by atoms with E-state index in [9.17, 15) is 4.79 Å². The normalized spacial score (nSPS) is 10.5. The fourth-order valence-corrected chi connectivity index (χ4v) is 2.49. The molecule has 1 aromatic carbocycles. The van der Waals surface area contributed by atoms with Gasteiger partial charge in [-0.25, -0.2) is 4.79 Å². The van der Waals surface area contributed by atoms with Crippen LogP contribution < -0.4 is 10.1 Å². The molecule has 1 rings (SSSR count). The first kappa shape index (κ1) is 17.9. The van der Waals surface area contributed by atoms with Crippen LogP contribution in [0.15, 0.2) is 16.6 Å². The molecule has 0 aliphatic rings. The van der Waals surface area contributed by atoms with Crippen LogP contribution in [-0.4, -0.2) is 39.4 Å². The van der Waals surface area contributed by atoms with Gasteiger partial charge in [0.1, 0.15) is 5.75 Å². The summed E-state index contributed by atoms with van der Waals surface area (Å²) in [5, 5.41) is 3.27. The molecule has 0 saturated heterocycles. The van der Waals surface area contributed by atoms with E-state index < -0.39 is 0 Å². The summed E-state index contributed by atoms with van der Waals surface area (Å²) in [7, 11) is 1.67. The van der Waals surface area contributed by atoms with Crippen molar-refractivity contribution in [2.24, 2.45) is 0 Å². The Morgan fingerprint density at radius 1 is 1.38 bits per heavy atom. The van der Waals surface area contributed by atoms with Gasteiger partial charge in [0, 0.05) is 30.2 Å². The zero-order valence-corrected chi connectivity index (χ0v) is 14.3. The van der Waals surface area contributed by atoms with Crippen molar-refractivity contribution in [2.45, 2.75) is 20.4 Å². The molecule has 0 aromatic heterocycles. The summed E-state index contributed by atoms with van der Waals surface area (Å²) in [6, 6.07) is 3.94. The van der Waals surface area contributed by atoms with Crippen LogP contribution in [0.5, 0.6) is 5.75 Å². The average molecular weight is 360 g/mol. The highest BCUT2D eigenvalue weighted by Gasteiger charge is 2.11. The van der Waals surface area contributed by atoms with Crippen LogP contribution in [0.1, 0.15) is 18.1 Å². The molecule has 1 aromatic rings. The van der Waals surface area contributed by atoms with Crippen LogP contribution in [-0.2, 0) is 20.8 Å². The molecule has 1 N–H and O–H groups in total. The lowest BCUT2D eigenvalue weighted by atomic mass is 10.1. The van der Waals surface area contributed by atoms with Gasteiger partial charge in [0.05, 0.1) is 13.2 Å². The molecule has 0 aliphatic heterocycles. The Labute approximate surface area is 134 Å². The highest BCUT2D eigenvalue weighted by Crippen LogP contribution is 2.28. The quantitative estimate of drug-likeness (QED) is 0.542. The smallest absolute Gasteiger partial charge is 0.344 e. The Morgan fingerprint density at radius 2 is 2.14 bits per heavy atom. The fourth-order valence-electron chi connectivity index (χ4n) is 1.87. The lowest BCUT2D eigenvalue weighted by Gasteiger charge is -2.15. The third-order valence-electron chi connectivity index (χ3n) is 2.75. The topological polar surface area (TPSA) is 56.8 Å². The van der Waals surface area contributed by atoms with Crippen LogP contribution in [0.25, 0.3) is 0 Å². The Balaban J connectivity index is 2.72. The van der Waals surface area contributed by atoms with E-state index in [1.54, 1.807) is 14.0 Å². The van der Waals surface area contributed by atoms with E-state index in [0.717, 1.165) is 27.9 Å². The van der Waals surface area contributed by atoms with Crippen molar-refractivity contribution < 1.29 is 19.0 Å². The van der Waals surface area contributed by atoms with E-state index in [1.807, 2.05) is 19.1 Å². The zero-order chi connectivity index (χ0) is 15.7. The van der Waals surface area contributed by atoms with Crippen molar-refractivity contribution in [1.29, 1.82) is 0 Å². The summed E-state index contributed by atoms with van der Waals surface area (Å²) in [6.07, 6.45) is 0. The predicted octanol–water partition coefficient (Wildman–Crippen LogP) is 2.44. The molecule has 0 aliphatic carbocycles. The largest absolute Gasteiger partial charge is 0.481 e. The molecule has 0 fully saturated rings. The summed E-state index contributed by atoms with van der Waals surface area (Å²) >= 11 is 3.48. The zero-order valence-electron chi connectivity index (χ0n) is 12.7. The van der Waals surface area contributed by atoms with Gasteiger partial charge in [-0.1, -0.05) is 15.9 Å². The number of carbonyl (C=O) groups excluding carboxylic acids is 1. The average Bonchev–Trinajstić information content (AvgIpc) is 2.42. The summed E-state index contributed by atoms with van der Waals surface area (Å²) in [4.78, 5) is 11.4. The molecule has 118 valence electrons.